The molecule has 0 saturated carbocycles. The van der Waals surface area contributed by atoms with Gasteiger partial charge < -0.3 is 20.2 Å². The third kappa shape index (κ3) is 2.84. The molecule has 7 nitrogen and oxygen atoms in total. The van der Waals surface area contributed by atoms with Crippen LogP contribution in [0.1, 0.15) is 5.69 Å². The normalized spacial score (nSPS) is 11.0. The van der Waals surface area contributed by atoms with Crippen molar-refractivity contribution in [2.75, 3.05) is 24.3 Å². The Kier molecular flexibility index (Phi) is 3.96. The van der Waals surface area contributed by atoms with Crippen LogP contribution in [0.3, 0.4) is 0 Å². The first-order valence-corrected chi connectivity index (χ1v) is 8.97. The molecule has 4 heterocycles. The molecule has 3 N–H and O–H groups in total. The van der Waals surface area contributed by atoms with Gasteiger partial charge in [-0.1, -0.05) is 0 Å². The van der Waals surface area contributed by atoms with Crippen LogP contribution in [0, 0.1) is 6.92 Å². The van der Waals surface area contributed by atoms with E-state index in [4.69, 9.17) is 0 Å². The van der Waals surface area contributed by atoms with Crippen LogP contribution >= 0.6 is 11.3 Å². The second kappa shape index (κ2) is 6.30. The van der Waals surface area contributed by atoms with Crippen LogP contribution in [0.4, 0.5) is 17.2 Å². The van der Waals surface area contributed by atoms with E-state index in [0.717, 1.165) is 28.1 Å². The van der Waals surface area contributed by atoms with Gasteiger partial charge in [0.05, 0.1) is 16.9 Å². The van der Waals surface area contributed by atoms with Crippen LogP contribution in [0.5, 0.6) is 0 Å². The zero-order valence-corrected chi connectivity index (χ0v) is 15.4. The Hall–Kier alpha value is -3.13. The maximum atomic E-state index is 12.6. The number of fused-ring (bicyclic) bond motifs is 1. The second-order valence-corrected chi connectivity index (χ2v) is 7.04. The van der Waals surface area contributed by atoms with E-state index in [9.17, 15) is 4.79 Å². The molecule has 0 spiro atoms. The van der Waals surface area contributed by atoms with Gasteiger partial charge in [0.1, 0.15) is 16.5 Å². The molecule has 0 aliphatic heterocycles. The lowest BCUT2D eigenvalue weighted by molar-refractivity contribution is 1.05. The monoisotopic (exact) mass is 366 g/mol. The lowest BCUT2D eigenvalue weighted by Crippen LogP contribution is -2.19. The summed E-state index contributed by atoms with van der Waals surface area (Å²) in [4.78, 5) is 29.3. The van der Waals surface area contributed by atoms with Gasteiger partial charge in [0.25, 0.3) is 5.56 Å². The Morgan fingerprint density at radius 1 is 1.23 bits per heavy atom. The van der Waals surface area contributed by atoms with E-state index in [2.05, 4.69) is 25.3 Å². The number of aryl methyl sites for hydroxylation is 1. The van der Waals surface area contributed by atoms with Gasteiger partial charge in [0, 0.05) is 42.9 Å². The molecule has 8 heteroatoms. The summed E-state index contributed by atoms with van der Waals surface area (Å²) in [6, 6.07) is 5.73. The number of rotatable bonds is 4. The minimum atomic E-state index is -0.157. The molecule has 0 unspecified atom stereocenters. The highest BCUT2D eigenvalue weighted by molar-refractivity contribution is 7.13. The predicted octanol–water partition coefficient (Wildman–Crippen LogP) is 3.49. The summed E-state index contributed by atoms with van der Waals surface area (Å²) in [5.41, 5.74) is 3.81. The fourth-order valence-corrected chi connectivity index (χ4v) is 3.63. The highest BCUT2D eigenvalue weighted by Gasteiger charge is 2.15. The number of aromatic nitrogens is 4. The Morgan fingerprint density at radius 3 is 2.81 bits per heavy atom. The molecule has 0 aliphatic rings. The van der Waals surface area contributed by atoms with E-state index < -0.39 is 0 Å². The van der Waals surface area contributed by atoms with Gasteiger partial charge in [-0.2, -0.15) is 0 Å². The van der Waals surface area contributed by atoms with Gasteiger partial charge in [-0.15, -0.1) is 11.3 Å². The van der Waals surface area contributed by atoms with Crippen LogP contribution in [0.25, 0.3) is 21.6 Å². The second-order valence-electron chi connectivity index (χ2n) is 6.19. The van der Waals surface area contributed by atoms with Crippen molar-refractivity contribution in [2.45, 2.75) is 6.92 Å². The number of hydrogen-bond donors (Lipinski definition) is 3. The number of anilines is 3. The highest BCUT2D eigenvalue weighted by atomic mass is 32.1. The van der Waals surface area contributed by atoms with Crippen LogP contribution < -0.4 is 15.8 Å². The van der Waals surface area contributed by atoms with Crippen molar-refractivity contribution >= 4 is 39.6 Å². The lowest BCUT2D eigenvalue weighted by atomic mass is 10.2. The molecule has 0 radical (unpaired) electrons. The van der Waals surface area contributed by atoms with Gasteiger partial charge in [-0.25, -0.2) is 9.97 Å². The van der Waals surface area contributed by atoms with Gasteiger partial charge in [0.2, 0.25) is 0 Å². The maximum Gasteiger partial charge on any atom is 0.259 e. The van der Waals surface area contributed by atoms with E-state index in [1.807, 2.05) is 55.7 Å². The topological polar surface area (TPSA) is 89.7 Å². The molecule has 4 aromatic heterocycles. The Labute approximate surface area is 153 Å². The molecule has 4 rings (SSSR count). The summed E-state index contributed by atoms with van der Waals surface area (Å²) >= 11 is 1.46. The lowest BCUT2D eigenvalue weighted by Gasteiger charge is -2.19. The molecule has 0 amide bonds. The van der Waals surface area contributed by atoms with E-state index in [0.29, 0.717) is 16.4 Å². The number of pyridine rings is 2. The first-order chi connectivity index (χ1) is 12.5. The summed E-state index contributed by atoms with van der Waals surface area (Å²) in [6.07, 6.45) is 3.60. The van der Waals surface area contributed by atoms with Gasteiger partial charge in [-0.05, 0) is 25.1 Å². The fourth-order valence-electron chi connectivity index (χ4n) is 2.82. The van der Waals surface area contributed by atoms with Crippen molar-refractivity contribution in [3.05, 3.63) is 52.0 Å². The summed E-state index contributed by atoms with van der Waals surface area (Å²) in [7, 11) is 3.78. The zero-order valence-electron chi connectivity index (χ0n) is 14.6. The van der Waals surface area contributed by atoms with E-state index in [1.54, 1.807) is 6.20 Å². The van der Waals surface area contributed by atoms with Crippen molar-refractivity contribution in [1.29, 1.82) is 0 Å². The van der Waals surface area contributed by atoms with Crippen molar-refractivity contribution < 1.29 is 0 Å². The van der Waals surface area contributed by atoms with Crippen molar-refractivity contribution in [1.82, 2.24) is 19.9 Å². The van der Waals surface area contributed by atoms with Crippen LogP contribution in [0.2, 0.25) is 0 Å². The van der Waals surface area contributed by atoms with Crippen LogP contribution in [-0.4, -0.2) is 34.0 Å². The molecule has 26 heavy (non-hydrogen) atoms. The summed E-state index contributed by atoms with van der Waals surface area (Å²) < 4.78 is 0. The number of thiazole rings is 1. The summed E-state index contributed by atoms with van der Waals surface area (Å²) in [5.74, 6) is 0.701. The molecule has 4 aromatic rings. The third-order valence-corrected chi connectivity index (χ3v) is 5.04. The molecule has 0 aliphatic carbocycles. The van der Waals surface area contributed by atoms with Crippen molar-refractivity contribution in [3.8, 4) is 10.6 Å². The third-order valence-electron chi connectivity index (χ3n) is 4.05. The Balaban J connectivity index is 1.86. The van der Waals surface area contributed by atoms with Crippen molar-refractivity contribution in [2.24, 2.45) is 0 Å². The average Bonchev–Trinajstić information content (AvgIpc) is 3.25. The number of hydrogen-bond acceptors (Lipinski definition) is 6. The maximum absolute atomic E-state index is 12.6. The first kappa shape index (κ1) is 16.3. The van der Waals surface area contributed by atoms with Crippen LogP contribution in [0.15, 0.2) is 40.8 Å². The van der Waals surface area contributed by atoms with Gasteiger partial charge >= 0.3 is 0 Å². The summed E-state index contributed by atoms with van der Waals surface area (Å²) in [6.45, 7) is 1.92. The predicted molar refractivity (Wildman–Crippen MR) is 107 cm³/mol. The Bertz CT molecular complexity index is 1140. The van der Waals surface area contributed by atoms with Gasteiger partial charge in [0.15, 0.2) is 0 Å². The Morgan fingerprint density at radius 2 is 2.08 bits per heavy atom. The SMILES string of the molecule is Cc1csc(-c2cc(Nc3ccnc4[nH]ccc34)c(N(C)C)[nH]c2=O)n1. The smallest absolute Gasteiger partial charge is 0.259 e. The number of H-pyrrole nitrogens is 2. The quantitative estimate of drug-likeness (QED) is 0.514. The number of nitrogens with zero attached hydrogens (tertiary/aromatic N) is 3. The average molecular weight is 366 g/mol. The minimum Gasteiger partial charge on any atom is -0.362 e. The highest BCUT2D eigenvalue weighted by Crippen LogP contribution is 2.31. The molecule has 0 saturated heterocycles. The minimum absolute atomic E-state index is 0.157. The zero-order chi connectivity index (χ0) is 18.3. The van der Waals surface area contributed by atoms with Crippen LogP contribution in [-0.2, 0) is 0 Å². The van der Waals surface area contributed by atoms with E-state index in [1.165, 1.54) is 11.3 Å². The largest absolute Gasteiger partial charge is 0.362 e. The molecule has 0 fully saturated rings. The number of nitrogens with one attached hydrogen (secondary N) is 3. The van der Waals surface area contributed by atoms with Gasteiger partial charge in [-0.3, -0.25) is 4.79 Å². The molecule has 0 atom stereocenters. The van der Waals surface area contributed by atoms with Crippen molar-refractivity contribution in [3.63, 3.8) is 0 Å². The number of aromatic amines is 2. The summed E-state index contributed by atoms with van der Waals surface area (Å²) in [5, 5.41) is 7.06. The molecule has 0 bridgehead atoms. The standard InChI is InChI=1S/C18H18N6OS/c1-10-9-26-18(21-10)12-8-14(16(24(2)3)23-17(12)25)22-13-5-7-20-15-11(13)4-6-19-15/h4-9H,1-3H3,(H,23,25)(H2,19,20,22). The molecule has 0 aromatic carbocycles. The van der Waals surface area contributed by atoms with E-state index >= 15 is 0 Å². The first-order valence-electron chi connectivity index (χ1n) is 8.09. The molecular weight excluding hydrogens is 348 g/mol. The molecular formula is C18H18N6OS. The van der Waals surface area contributed by atoms with E-state index in [-0.39, 0.29) is 5.56 Å². The molecule has 132 valence electrons. The fraction of sp³-hybridized carbons (Fsp3) is 0.167.